The molecule has 0 spiro atoms. The Hall–Kier alpha value is -3.36. The van der Waals surface area contributed by atoms with Gasteiger partial charge in [0, 0.05) is 42.8 Å². The molecule has 0 radical (unpaired) electrons. The molecule has 2 N–H and O–H groups in total. The maximum Gasteiger partial charge on any atom is 0.407 e. The second-order valence-electron chi connectivity index (χ2n) is 7.92. The van der Waals surface area contributed by atoms with E-state index in [1.165, 1.54) is 11.2 Å². The van der Waals surface area contributed by atoms with Crippen LogP contribution in [0.2, 0.25) is 0 Å². The van der Waals surface area contributed by atoms with Crippen LogP contribution in [0, 0.1) is 0 Å². The second kappa shape index (κ2) is 8.79. The van der Waals surface area contributed by atoms with Gasteiger partial charge in [-0.25, -0.2) is 9.78 Å². The topological polar surface area (TPSA) is 116 Å². The number of rotatable bonds is 6. The Balaban J connectivity index is 1.46. The summed E-state index contributed by atoms with van der Waals surface area (Å²) < 4.78 is 5.56. The summed E-state index contributed by atoms with van der Waals surface area (Å²) >= 11 is 0. The first-order valence-corrected chi connectivity index (χ1v) is 10.6. The van der Waals surface area contributed by atoms with Gasteiger partial charge in [-0.15, -0.1) is 0 Å². The lowest BCUT2D eigenvalue weighted by atomic mass is 10.0. The van der Waals surface area contributed by atoms with E-state index in [4.69, 9.17) is 9.52 Å². The first-order chi connectivity index (χ1) is 15.0. The van der Waals surface area contributed by atoms with Gasteiger partial charge in [-0.2, -0.15) is 0 Å². The maximum atomic E-state index is 13.2. The van der Waals surface area contributed by atoms with Crippen molar-refractivity contribution in [2.45, 2.75) is 44.7 Å². The number of oxazole rings is 1. The maximum absolute atomic E-state index is 13.2. The summed E-state index contributed by atoms with van der Waals surface area (Å²) in [5.41, 5.74) is 1.47. The van der Waals surface area contributed by atoms with Crippen LogP contribution in [0.25, 0.3) is 11.5 Å². The molecule has 31 heavy (non-hydrogen) atoms. The molecular formula is C22H26N4O5. The number of nitrogens with zero attached hydrogens (tertiary/aromatic N) is 3. The van der Waals surface area contributed by atoms with Gasteiger partial charge < -0.3 is 24.6 Å². The summed E-state index contributed by atoms with van der Waals surface area (Å²) in [6, 6.07) is 7.06. The van der Waals surface area contributed by atoms with Gasteiger partial charge in [0.15, 0.2) is 5.69 Å². The molecule has 3 amide bonds. The number of piperidine rings is 1. The van der Waals surface area contributed by atoms with E-state index in [2.05, 4.69) is 10.3 Å². The SMILES string of the molecule is CCNC(=O)c1ccc(-c2nc(C(=O)N(C3CC3)C3CCN(C(=O)O)CC3)co2)cc1. The summed E-state index contributed by atoms with van der Waals surface area (Å²) in [7, 11) is 0. The van der Waals surface area contributed by atoms with Crippen molar-refractivity contribution in [2.24, 2.45) is 0 Å². The number of carbonyl (C=O) groups is 3. The quantitative estimate of drug-likeness (QED) is 0.734. The van der Waals surface area contributed by atoms with Crippen molar-refractivity contribution < 1.29 is 23.9 Å². The van der Waals surface area contributed by atoms with Crippen LogP contribution in [0.3, 0.4) is 0 Å². The molecule has 9 heteroatoms. The first kappa shape index (κ1) is 20.9. The standard InChI is InChI=1S/C22H26N4O5/c1-2-23-19(27)14-3-5-15(6-4-14)20-24-18(13-31-20)21(28)26(16-7-8-16)17-9-11-25(12-10-17)22(29)30/h3-6,13,16-17H,2,7-12H2,1H3,(H,23,27)(H,29,30). The highest BCUT2D eigenvalue weighted by atomic mass is 16.4. The smallest absolute Gasteiger partial charge is 0.407 e. The molecule has 0 unspecified atom stereocenters. The fraction of sp³-hybridized carbons (Fsp3) is 0.455. The molecule has 1 aliphatic carbocycles. The van der Waals surface area contributed by atoms with Gasteiger partial charge in [-0.3, -0.25) is 9.59 Å². The third-order valence-electron chi connectivity index (χ3n) is 5.76. The molecule has 2 aromatic rings. The number of nitrogens with one attached hydrogen (secondary N) is 1. The molecule has 2 heterocycles. The van der Waals surface area contributed by atoms with E-state index in [1.807, 2.05) is 11.8 Å². The Morgan fingerprint density at radius 3 is 2.35 bits per heavy atom. The van der Waals surface area contributed by atoms with Crippen LogP contribution >= 0.6 is 0 Å². The third kappa shape index (κ3) is 4.55. The third-order valence-corrected chi connectivity index (χ3v) is 5.76. The number of likely N-dealkylation sites (tertiary alicyclic amines) is 1. The fourth-order valence-electron chi connectivity index (χ4n) is 3.98. The van der Waals surface area contributed by atoms with Crippen LogP contribution in [-0.4, -0.2) is 69.5 Å². The minimum atomic E-state index is -0.915. The minimum Gasteiger partial charge on any atom is -0.465 e. The van der Waals surface area contributed by atoms with Crippen LogP contribution in [0.5, 0.6) is 0 Å². The number of hydrogen-bond acceptors (Lipinski definition) is 5. The number of aromatic nitrogens is 1. The first-order valence-electron chi connectivity index (χ1n) is 10.6. The second-order valence-corrected chi connectivity index (χ2v) is 7.92. The normalized spacial score (nSPS) is 16.7. The number of carbonyl (C=O) groups excluding carboxylic acids is 2. The lowest BCUT2D eigenvalue weighted by molar-refractivity contribution is 0.0545. The molecule has 1 saturated heterocycles. The molecule has 2 aliphatic rings. The summed E-state index contributed by atoms with van der Waals surface area (Å²) in [5, 5.41) is 11.9. The average Bonchev–Trinajstić information content (AvgIpc) is 3.48. The van der Waals surface area contributed by atoms with E-state index in [0.717, 1.165) is 12.8 Å². The van der Waals surface area contributed by atoms with Crippen molar-refractivity contribution in [2.75, 3.05) is 19.6 Å². The van der Waals surface area contributed by atoms with E-state index >= 15 is 0 Å². The lowest BCUT2D eigenvalue weighted by Crippen LogP contribution is -2.49. The molecule has 2 fully saturated rings. The van der Waals surface area contributed by atoms with Gasteiger partial charge in [-0.1, -0.05) is 0 Å². The number of hydrogen-bond donors (Lipinski definition) is 2. The van der Waals surface area contributed by atoms with E-state index in [0.29, 0.717) is 49.5 Å². The highest BCUT2D eigenvalue weighted by Gasteiger charge is 2.40. The number of carboxylic acid groups (broad SMARTS) is 1. The van der Waals surface area contributed by atoms with Gasteiger partial charge in [0.2, 0.25) is 5.89 Å². The van der Waals surface area contributed by atoms with Crippen molar-refractivity contribution in [3.05, 3.63) is 41.8 Å². The predicted molar refractivity (Wildman–Crippen MR) is 112 cm³/mol. The summed E-state index contributed by atoms with van der Waals surface area (Å²) in [6.45, 7) is 3.27. The van der Waals surface area contributed by atoms with Crippen LogP contribution in [0.1, 0.15) is 53.5 Å². The highest BCUT2D eigenvalue weighted by molar-refractivity contribution is 5.95. The van der Waals surface area contributed by atoms with Crippen LogP contribution < -0.4 is 5.32 Å². The highest BCUT2D eigenvalue weighted by Crippen LogP contribution is 2.33. The lowest BCUT2D eigenvalue weighted by Gasteiger charge is -2.37. The average molecular weight is 426 g/mol. The van der Waals surface area contributed by atoms with E-state index < -0.39 is 6.09 Å². The van der Waals surface area contributed by atoms with E-state index in [-0.39, 0.29) is 29.6 Å². The Labute approximate surface area is 180 Å². The van der Waals surface area contributed by atoms with E-state index in [1.54, 1.807) is 24.3 Å². The van der Waals surface area contributed by atoms with Crippen molar-refractivity contribution >= 4 is 17.9 Å². The monoisotopic (exact) mass is 426 g/mol. The molecule has 1 saturated carbocycles. The Morgan fingerprint density at radius 1 is 1.13 bits per heavy atom. The van der Waals surface area contributed by atoms with Crippen LogP contribution in [-0.2, 0) is 0 Å². The Bertz CT molecular complexity index is 959. The molecule has 0 atom stereocenters. The largest absolute Gasteiger partial charge is 0.465 e. The molecule has 4 rings (SSSR count). The van der Waals surface area contributed by atoms with Crippen LogP contribution in [0.15, 0.2) is 34.9 Å². The summed E-state index contributed by atoms with van der Waals surface area (Å²) in [4.78, 5) is 44.0. The zero-order valence-electron chi connectivity index (χ0n) is 17.4. The van der Waals surface area contributed by atoms with Gasteiger partial charge in [0.25, 0.3) is 11.8 Å². The van der Waals surface area contributed by atoms with Gasteiger partial charge >= 0.3 is 6.09 Å². The molecule has 1 aliphatic heterocycles. The molecule has 9 nitrogen and oxygen atoms in total. The number of benzene rings is 1. The van der Waals surface area contributed by atoms with Crippen LogP contribution in [0.4, 0.5) is 4.79 Å². The fourth-order valence-corrected chi connectivity index (χ4v) is 3.98. The summed E-state index contributed by atoms with van der Waals surface area (Å²) in [5.74, 6) is -0.00111. The van der Waals surface area contributed by atoms with E-state index in [9.17, 15) is 14.4 Å². The van der Waals surface area contributed by atoms with Crippen molar-refractivity contribution in [3.63, 3.8) is 0 Å². The zero-order chi connectivity index (χ0) is 22.0. The minimum absolute atomic E-state index is 0.00658. The predicted octanol–water partition coefficient (Wildman–Crippen LogP) is 2.84. The van der Waals surface area contributed by atoms with Crippen molar-refractivity contribution in [1.29, 1.82) is 0 Å². The van der Waals surface area contributed by atoms with Crippen molar-refractivity contribution in [1.82, 2.24) is 20.1 Å². The van der Waals surface area contributed by atoms with Gasteiger partial charge in [-0.05, 0) is 56.9 Å². The van der Waals surface area contributed by atoms with Crippen molar-refractivity contribution in [3.8, 4) is 11.5 Å². The van der Waals surface area contributed by atoms with Gasteiger partial charge in [0.05, 0.1) is 0 Å². The Kier molecular flexibility index (Phi) is 5.92. The molecule has 164 valence electrons. The molecule has 1 aromatic heterocycles. The molecule has 0 bridgehead atoms. The molecular weight excluding hydrogens is 400 g/mol. The molecule has 1 aromatic carbocycles. The summed E-state index contributed by atoms with van der Waals surface area (Å²) in [6.07, 6.45) is 3.62. The Morgan fingerprint density at radius 2 is 1.77 bits per heavy atom. The number of amides is 3. The van der Waals surface area contributed by atoms with Gasteiger partial charge in [0.1, 0.15) is 6.26 Å². The zero-order valence-corrected chi connectivity index (χ0v) is 17.4.